The van der Waals surface area contributed by atoms with Crippen LogP contribution in [0.4, 0.5) is 5.69 Å². The van der Waals surface area contributed by atoms with Gasteiger partial charge >= 0.3 is 0 Å². The van der Waals surface area contributed by atoms with E-state index in [1.54, 1.807) is 0 Å². The summed E-state index contributed by atoms with van der Waals surface area (Å²) in [6.45, 7) is 9.84. The third kappa shape index (κ3) is 4.23. The highest BCUT2D eigenvalue weighted by atomic mass is 79.9. The second kappa shape index (κ2) is 7.46. The van der Waals surface area contributed by atoms with Crippen molar-refractivity contribution in [3.05, 3.63) is 28.2 Å². The van der Waals surface area contributed by atoms with Crippen molar-refractivity contribution in [2.45, 2.75) is 52.6 Å². The minimum atomic E-state index is 0.521. The van der Waals surface area contributed by atoms with E-state index in [1.807, 2.05) is 0 Å². The van der Waals surface area contributed by atoms with Crippen molar-refractivity contribution in [2.75, 3.05) is 18.0 Å². The first kappa shape index (κ1) is 15.8. The molecule has 112 valence electrons. The summed E-state index contributed by atoms with van der Waals surface area (Å²) in [6.07, 6.45) is 4.24. The Morgan fingerprint density at radius 1 is 1.35 bits per heavy atom. The van der Waals surface area contributed by atoms with Gasteiger partial charge in [-0.1, -0.05) is 42.3 Å². The van der Waals surface area contributed by atoms with Gasteiger partial charge < -0.3 is 10.2 Å². The molecular weight excluding hydrogens is 312 g/mol. The quantitative estimate of drug-likeness (QED) is 0.783. The molecule has 1 saturated carbocycles. The van der Waals surface area contributed by atoms with Crippen LogP contribution < -0.4 is 10.2 Å². The Hall–Kier alpha value is -0.540. The Kier molecular flexibility index (Phi) is 5.91. The monoisotopic (exact) mass is 338 g/mol. The number of halogens is 1. The molecule has 0 unspecified atom stereocenters. The Morgan fingerprint density at radius 2 is 2.10 bits per heavy atom. The maximum atomic E-state index is 3.73. The van der Waals surface area contributed by atoms with Gasteiger partial charge in [0.05, 0.1) is 0 Å². The molecule has 0 heterocycles. The third-order valence-electron chi connectivity index (χ3n) is 4.19. The third-order valence-corrected chi connectivity index (χ3v) is 4.93. The molecule has 1 aromatic carbocycles. The molecule has 0 aliphatic heterocycles. The van der Waals surface area contributed by atoms with Crippen LogP contribution in [0.2, 0.25) is 0 Å². The van der Waals surface area contributed by atoms with Crippen molar-refractivity contribution >= 4 is 21.6 Å². The highest BCUT2D eigenvalue weighted by Gasteiger charge is 2.20. The lowest BCUT2D eigenvalue weighted by Crippen LogP contribution is -2.32. The number of hydrogen-bond donors (Lipinski definition) is 1. The molecule has 2 rings (SSSR count). The molecule has 1 aliphatic rings. The van der Waals surface area contributed by atoms with Crippen LogP contribution in [0.3, 0.4) is 0 Å². The normalized spacial score (nSPS) is 15.4. The molecule has 2 nitrogen and oxygen atoms in total. The molecular formula is C17H27BrN2. The van der Waals surface area contributed by atoms with Gasteiger partial charge in [0.1, 0.15) is 0 Å². The number of nitrogens with one attached hydrogen (secondary N) is 1. The summed E-state index contributed by atoms with van der Waals surface area (Å²) in [7, 11) is 0. The van der Waals surface area contributed by atoms with E-state index < -0.39 is 0 Å². The Balaban J connectivity index is 2.01. The lowest BCUT2D eigenvalue weighted by molar-refractivity contribution is 0.318. The van der Waals surface area contributed by atoms with E-state index >= 15 is 0 Å². The van der Waals surface area contributed by atoms with Crippen LogP contribution in [-0.2, 0) is 6.54 Å². The van der Waals surface area contributed by atoms with E-state index in [0.29, 0.717) is 6.04 Å². The Morgan fingerprint density at radius 3 is 2.60 bits per heavy atom. The average molecular weight is 339 g/mol. The van der Waals surface area contributed by atoms with E-state index in [-0.39, 0.29) is 0 Å². The molecule has 0 bridgehead atoms. The maximum Gasteiger partial charge on any atom is 0.0377 e. The van der Waals surface area contributed by atoms with E-state index in [2.05, 4.69) is 65.1 Å². The number of nitrogens with zero attached hydrogens (tertiary/aromatic N) is 1. The topological polar surface area (TPSA) is 15.3 Å². The summed E-state index contributed by atoms with van der Waals surface area (Å²) in [5.74, 6) is 0.913. The van der Waals surface area contributed by atoms with Gasteiger partial charge in [0, 0.05) is 35.8 Å². The van der Waals surface area contributed by atoms with Crippen LogP contribution in [0, 0.1) is 5.92 Å². The molecule has 1 N–H and O–H groups in total. The fourth-order valence-electron chi connectivity index (χ4n) is 2.59. The standard InChI is InChI=1S/C17H27BrN2/c1-4-20(12-14-6-5-7-14)16-9-8-15(17(18)10-16)11-19-13(2)3/h8-10,13-14,19H,4-7,11-12H2,1-3H3. The molecule has 0 amide bonds. The number of hydrogen-bond acceptors (Lipinski definition) is 2. The second-order valence-corrected chi connectivity index (χ2v) is 7.00. The van der Waals surface area contributed by atoms with Crippen LogP contribution in [0.15, 0.2) is 22.7 Å². The van der Waals surface area contributed by atoms with Crippen molar-refractivity contribution in [3.8, 4) is 0 Å². The van der Waals surface area contributed by atoms with Crippen LogP contribution in [0.25, 0.3) is 0 Å². The van der Waals surface area contributed by atoms with E-state index in [0.717, 1.165) is 19.0 Å². The summed E-state index contributed by atoms with van der Waals surface area (Å²) in [6, 6.07) is 7.31. The van der Waals surface area contributed by atoms with Crippen LogP contribution in [-0.4, -0.2) is 19.1 Å². The number of anilines is 1. The van der Waals surface area contributed by atoms with Gasteiger partial charge in [0.2, 0.25) is 0 Å². The minimum Gasteiger partial charge on any atom is -0.372 e. The summed E-state index contributed by atoms with van der Waals surface area (Å²) < 4.78 is 1.22. The Bertz CT molecular complexity index is 427. The van der Waals surface area contributed by atoms with Gasteiger partial charge in [0.15, 0.2) is 0 Å². The van der Waals surface area contributed by atoms with Crippen molar-refractivity contribution < 1.29 is 0 Å². The Labute approximate surface area is 132 Å². The maximum absolute atomic E-state index is 3.73. The molecule has 0 radical (unpaired) electrons. The molecule has 0 saturated heterocycles. The SMILES string of the molecule is CCN(CC1CCC1)c1ccc(CNC(C)C)c(Br)c1. The molecule has 1 aliphatic carbocycles. The first-order valence-electron chi connectivity index (χ1n) is 7.87. The first-order valence-corrected chi connectivity index (χ1v) is 8.66. The molecule has 0 atom stereocenters. The van der Waals surface area contributed by atoms with Gasteiger partial charge in [-0.2, -0.15) is 0 Å². The molecule has 0 aromatic heterocycles. The molecule has 1 fully saturated rings. The second-order valence-electron chi connectivity index (χ2n) is 6.15. The fraction of sp³-hybridized carbons (Fsp3) is 0.647. The van der Waals surface area contributed by atoms with E-state index in [9.17, 15) is 0 Å². The summed E-state index contributed by atoms with van der Waals surface area (Å²) in [5, 5.41) is 3.47. The molecule has 1 aromatic rings. The van der Waals surface area contributed by atoms with Crippen LogP contribution in [0.5, 0.6) is 0 Å². The van der Waals surface area contributed by atoms with E-state index in [4.69, 9.17) is 0 Å². The summed E-state index contributed by atoms with van der Waals surface area (Å²) in [5.41, 5.74) is 2.68. The zero-order valence-electron chi connectivity index (χ0n) is 13.0. The van der Waals surface area contributed by atoms with Crippen molar-refractivity contribution in [1.29, 1.82) is 0 Å². The van der Waals surface area contributed by atoms with E-state index in [1.165, 1.54) is 41.5 Å². The lowest BCUT2D eigenvalue weighted by Gasteiger charge is -2.33. The summed E-state index contributed by atoms with van der Waals surface area (Å²) >= 11 is 3.73. The highest BCUT2D eigenvalue weighted by Crippen LogP contribution is 2.30. The smallest absolute Gasteiger partial charge is 0.0377 e. The fourth-order valence-corrected chi connectivity index (χ4v) is 3.10. The predicted octanol–water partition coefficient (Wildman–Crippen LogP) is 4.57. The first-order chi connectivity index (χ1) is 9.60. The molecule has 0 spiro atoms. The van der Waals surface area contributed by atoms with Gasteiger partial charge in [0.25, 0.3) is 0 Å². The summed E-state index contributed by atoms with van der Waals surface area (Å²) in [4.78, 5) is 2.51. The van der Waals surface area contributed by atoms with Gasteiger partial charge in [-0.3, -0.25) is 0 Å². The van der Waals surface area contributed by atoms with Crippen molar-refractivity contribution in [2.24, 2.45) is 5.92 Å². The molecule has 3 heteroatoms. The number of benzene rings is 1. The molecule has 20 heavy (non-hydrogen) atoms. The zero-order valence-corrected chi connectivity index (χ0v) is 14.5. The zero-order chi connectivity index (χ0) is 14.5. The highest BCUT2D eigenvalue weighted by molar-refractivity contribution is 9.10. The average Bonchev–Trinajstić information content (AvgIpc) is 2.36. The van der Waals surface area contributed by atoms with Crippen LogP contribution >= 0.6 is 15.9 Å². The predicted molar refractivity (Wildman–Crippen MR) is 91.3 cm³/mol. The lowest BCUT2D eigenvalue weighted by atomic mass is 9.85. The van der Waals surface area contributed by atoms with Gasteiger partial charge in [-0.15, -0.1) is 0 Å². The van der Waals surface area contributed by atoms with Crippen LogP contribution in [0.1, 0.15) is 45.6 Å². The van der Waals surface area contributed by atoms with Gasteiger partial charge in [-0.25, -0.2) is 0 Å². The number of rotatable bonds is 7. The van der Waals surface area contributed by atoms with Crippen molar-refractivity contribution in [1.82, 2.24) is 5.32 Å². The minimum absolute atomic E-state index is 0.521. The van der Waals surface area contributed by atoms with Gasteiger partial charge in [-0.05, 0) is 43.4 Å². The largest absolute Gasteiger partial charge is 0.372 e. The van der Waals surface area contributed by atoms with Crippen molar-refractivity contribution in [3.63, 3.8) is 0 Å².